The molecule has 0 aliphatic heterocycles. The van der Waals surface area contributed by atoms with Crippen molar-refractivity contribution >= 4 is 5.97 Å². The lowest BCUT2D eigenvalue weighted by molar-refractivity contribution is -0.147. The Kier molecular flexibility index (Phi) is 3.66. The van der Waals surface area contributed by atoms with Crippen molar-refractivity contribution in [2.45, 2.75) is 20.0 Å². The summed E-state index contributed by atoms with van der Waals surface area (Å²) in [6, 6.07) is 4.18. The highest BCUT2D eigenvalue weighted by Crippen LogP contribution is 2.20. The highest BCUT2D eigenvalue weighted by atomic mass is 19.1. The molecule has 4 heteroatoms. The van der Waals surface area contributed by atoms with Gasteiger partial charge in [-0.3, -0.25) is 0 Å². The number of esters is 1. The van der Waals surface area contributed by atoms with Gasteiger partial charge in [-0.2, -0.15) is 0 Å². The van der Waals surface area contributed by atoms with Crippen LogP contribution in [0.3, 0.4) is 0 Å². The van der Waals surface area contributed by atoms with Gasteiger partial charge in [0.15, 0.2) is 6.10 Å². The smallest absolute Gasteiger partial charge is 0.346 e. The van der Waals surface area contributed by atoms with Crippen molar-refractivity contribution in [2.24, 2.45) is 0 Å². The summed E-state index contributed by atoms with van der Waals surface area (Å²) >= 11 is 0. The molecule has 0 aromatic heterocycles. The zero-order valence-electron chi connectivity index (χ0n) is 8.91. The molecule has 82 valence electrons. The molecule has 0 saturated carbocycles. The van der Waals surface area contributed by atoms with Crippen molar-refractivity contribution < 1.29 is 18.7 Å². The van der Waals surface area contributed by atoms with Crippen LogP contribution < -0.4 is 4.74 Å². The molecule has 0 saturated heterocycles. The van der Waals surface area contributed by atoms with E-state index in [1.807, 2.05) is 0 Å². The fourth-order valence-corrected chi connectivity index (χ4v) is 1.11. The van der Waals surface area contributed by atoms with Gasteiger partial charge in [-0.15, -0.1) is 0 Å². The van der Waals surface area contributed by atoms with Crippen molar-refractivity contribution in [3.63, 3.8) is 0 Å². The molecule has 15 heavy (non-hydrogen) atoms. The molecule has 1 atom stereocenters. The molecule has 0 heterocycles. The third kappa shape index (κ3) is 2.94. The summed E-state index contributed by atoms with van der Waals surface area (Å²) in [5.74, 6) is -0.528. The van der Waals surface area contributed by atoms with Gasteiger partial charge in [0.2, 0.25) is 0 Å². The largest absolute Gasteiger partial charge is 0.479 e. The highest BCUT2D eigenvalue weighted by Gasteiger charge is 2.15. The van der Waals surface area contributed by atoms with Crippen LogP contribution in [0, 0.1) is 12.7 Å². The van der Waals surface area contributed by atoms with Crippen molar-refractivity contribution in [3.05, 3.63) is 29.6 Å². The molecule has 0 aliphatic rings. The normalized spacial score (nSPS) is 12.0. The summed E-state index contributed by atoms with van der Waals surface area (Å²) in [6.45, 7) is 3.33. The molecule has 0 amide bonds. The number of ether oxygens (including phenoxy) is 2. The van der Waals surface area contributed by atoms with E-state index in [1.165, 1.54) is 19.2 Å². The number of methoxy groups -OCH3 is 1. The average Bonchev–Trinajstić information content (AvgIpc) is 2.22. The second-order valence-corrected chi connectivity index (χ2v) is 3.19. The molecule has 0 N–H and O–H groups in total. The lowest BCUT2D eigenvalue weighted by Crippen LogP contribution is -2.25. The van der Waals surface area contributed by atoms with E-state index in [-0.39, 0.29) is 0 Å². The first-order valence-electron chi connectivity index (χ1n) is 4.55. The maximum absolute atomic E-state index is 12.9. The molecule has 0 bridgehead atoms. The molecular weight excluding hydrogens is 199 g/mol. The quantitative estimate of drug-likeness (QED) is 0.719. The van der Waals surface area contributed by atoms with E-state index in [1.54, 1.807) is 19.9 Å². The summed E-state index contributed by atoms with van der Waals surface area (Å²) in [6.07, 6.45) is -0.740. The first kappa shape index (κ1) is 11.5. The number of carbonyl (C=O) groups excluding carboxylic acids is 1. The topological polar surface area (TPSA) is 35.5 Å². The predicted octanol–water partition coefficient (Wildman–Crippen LogP) is 2.07. The Morgan fingerprint density at radius 1 is 1.47 bits per heavy atom. The molecule has 1 rings (SSSR count). The highest BCUT2D eigenvalue weighted by molar-refractivity contribution is 5.74. The van der Waals surface area contributed by atoms with E-state index in [0.29, 0.717) is 5.75 Å². The lowest BCUT2D eigenvalue weighted by atomic mass is 10.2. The Bertz CT molecular complexity index is 363. The van der Waals surface area contributed by atoms with Crippen molar-refractivity contribution in [2.75, 3.05) is 7.11 Å². The van der Waals surface area contributed by atoms with Crippen LogP contribution in [0.2, 0.25) is 0 Å². The van der Waals surface area contributed by atoms with Crippen LogP contribution >= 0.6 is 0 Å². The number of hydrogen-bond acceptors (Lipinski definition) is 3. The molecule has 0 unspecified atom stereocenters. The molecule has 0 spiro atoms. The second kappa shape index (κ2) is 4.77. The Hall–Kier alpha value is -1.58. The van der Waals surface area contributed by atoms with Gasteiger partial charge in [0.05, 0.1) is 7.11 Å². The van der Waals surface area contributed by atoms with E-state index < -0.39 is 17.9 Å². The first-order chi connectivity index (χ1) is 7.04. The van der Waals surface area contributed by atoms with Crippen LogP contribution in [0.1, 0.15) is 12.5 Å². The third-order valence-electron chi connectivity index (χ3n) is 1.99. The molecule has 3 nitrogen and oxygen atoms in total. The minimum absolute atomic E-state index is 0.355. The van der Waals surface area contributed by atoms with E-state index in [2.05, 4.69) is 4.74 Å². The Balaban J connectivity index is 2.80. The SMILES string of the molecule is COC(=O)[C@H](C)Oc1cc(F)ccc1C. The fourth-order valence-electron chi connectivity index (χ4n) is 1.11. The van der Waals surface area contributed by atoms with Crippen LogP contribution in [0.15, 0.2) is 18.2 Å². The maximum atomic E-state index is 12.9. The van der Waals surface area contributed by atoms with Crippen LogP contribution in [0.25, 0.3) is 0 Å². The minimum atomic E-state index is -0.740. The Morgan fingerprint density at radius 3 is 2.73 bits per heavy atom. The summed E-state index contributed by atoms with van der Waals surface area (Å²) in [5.41, 5.74) is 0.771. The van der Waals surface area contributed by atoms with Gasteiger partial charge < -0.3 is 9.47 Å². The molecule has 1 aromatic rings. The molecule has 0 fully saturated rings. The Labute approximate surface area is 87.8 Å². The van der Waals surface area contributed by atoms with Crippen LogP contribution in [-0.2, 0) is 9.53 Å². The van der Waals surface area contributed by atoms with Gasteiger partial charge >= 0.3 is 5.97 Å². The van der Waals surface area contributed by atoms with Crippen LogP contribution in [0.4, 0.5) is 4.39 Å². The minimum Gasteiger partial charge on any atom is -0.479 e. The van der Waals surface area contributed by atoms with E-state index in [4.69, 9.17) is 4.74 Å². The zero-order valence-corrected chi connectivity index (χ0v) is 8.91. The first-order valence-corrected chi connectivity index (χ1v) is 4.55. The van der Waals surface area contributed by atoms with Crippen LogP contribution in [0.5, 0.6) is 5.75 Å². The number of benzene rings is 1. The van der Waals surface area contributed by atoms with Crippen molar-refractivity contribution in [3.8, 4) is 5.75 Å². The number of rotatable bonds is 3. The summed E-state index contributed by atoms with van der Waals surface area (Å²) in [4.78, 5) is 11.1. The van der Waals surface area contributed by atoms with Crippen LogP contribution in [-0.4, -0.2) is 19.2 Å². The predicted molar refractivity (Wildman–Crippen MR) is 53.2 cm³/mol. The summed E-state index contributed by atoms with van der Waals surface area (Å²) < 4.78 is 22.6. The number of hydrogen-bond donors (Lipinski definition) is 0. The number of halogens is 1. The van der Waals surface area contributed by atoms with E-state index >= 15 is 0 Å². The summed E-state index contributed by atoms with van der Waals surface area (Å²) in [5, 5.41) is 0. The second-order valence-electron chi connectivity index (χ2n) is 3.19. The van der Waals surface area contributed by atoms with Crippen molar-refractivity contribution in [1.29, 1.82) is 0 Å². The monoisotopic (exact) mass is 212 g/mol. The fraction of sp³-hybridized carbons (Fsp3) is 0.364. The summed E-state index contributed by atoms with van der Waals surface area (Å²) in [7, 11) is 1.28. The Morgan fingerprint density at radius 2 is 2.13 bits per heavy atom. The van der Waals surface area contributed by atoms with Gasteiger partial charge in [-0.1, -0.05) is 6.07 Å². The van der Waals surface area contributed by atoms with Gasteiger partial charge in [-0.25, -0.2) is 9.18 Å². The maximum Gasteiger partial charge on any atom is 0.346 e. The molecule has 0 aliphatic carbocycles. The molecular formula is C11H13FO3. The molecule has 0 radical (unpaired) electrons. The third-order valence-corrected chi connectivity index (χ3v) is 1.99. The number of carbonyl (C=O) groups is 1. The van der Waals surface area contributed by atoms with E-state index in [0.717, 1.165) is 5.56 Å². The van der Waals surface area contributed by atoms with Gasteiger partial charge in [0, 0.05) is 6.07 Å². The van der Waals surface area contributed by atoms with E-state index in [9.17, 15) is 9.18 Å². The molecule has 1 aromatic carbocycles. The van der Waals surface area contributed by atoms with Crippen molar-refractivity contribution in [1.82, 2.24) is 0 Å². The average molecular weight is 212 g/mol. The number of aryl methyl sites for hydroxylation is 1. The standard InChI is InChI=1S/C11H13FO3/c1-7-4-5-9(12)6-10(7)15-8(2)11(13)14-3/h4-6,8H,1-3H3/t8-/m0/s1. The van der Waals surface area contributed by atoms with Gasteiger partial charge in [0.1, 0.15) is 11.6 Å². The van der Waals surface area contributed by atoms with Gasteiger partial charge in [0.25, 0.3) is 0 Å². The lowest BCUT2D eigenvalue weighted by Gasteiger charge is -2.14. The zero-order chi connectivity index (χ0) is 11.4. The van der Waals surface area contributed by atoms with Gasteiger partial charge in [-0.05, 0) is 25.5 Å².